The Morgan fingerprint density at radius 3 is 2.76 bits per heavy atom. The summed E-state index contributed by atoms with van der Waals surface area (Å²) in [7, 11) is 1.37. The maximum atomic E-state index is 11.2. The molecule has 1 fully saturated rings. The van der Waals surface area contributed by atoms with Gasteiger partial charge in [0.2, 0.25) is 0 Å². The minimum Gasteiger partial charge on any atom is -0.469 e. The van der Waals surface area contributed by atoms with E-state index in [1.165, 1.54) is 7.11 Å². The van der Waals surface area contributed by atoms with Gasteiger partial charge in [-0.3, -0.25) is 14.7 Å². The zero-order valence-corrected chi connectivity index (χ0v) is 15.2. The molecule has 0 spiro atoms. The van der Waals surface area contributed by atoms with Gasteiger partial charge in [-0.15, -0.1) is 24.0 Å². The Balaban J connectivity index is 0.00000400. The van der Waals surface area contributed by atoms with E-state index in [1.54, 1.807) is 6.92 Å². The summed E-state index contributed by atoms with van der Waals surface area (Å²) in [6.07, 6.45) is 1.00. The molecule has 1 heterocycles. The SMILES string of the molecule is COC(=O)C(C)CN=C(N)NCCCN1CCOCC1.I. The molecule has 1 aliphatic heterocycles. The zero-order chi connectivity index (χ0) is 14.8. The van der Waals surface area contributed by atoms with Crippen LogP contribution in [-0.4, -0.2) is 69.9 Å². The fraction of sp³-hybridized carbons (Fsp3) is 0.846. The normalized spacial score (nSPS) is 17.7. The van der Waals surface area contributed by atoms with E-state index in [2.05, 4.69) is 19.9 Å². The number of guanidine groups is 1. The molecule has 21 heavy (non-hydrogen) atoms. The van der Waals surface area contributed by atoms with Gasteiger partial charge in [0.05, 0.1) is 32.8 Å². The van der Waals surface area contributed by atoms with E-state index in [0.29, 0.717) is 12.5 Å². The van der Waals surface area contributed by atoms with Crippen LogP contribution in [0.25, 0.3) is 0 Å². The van der Waals surface area contributed by atoms with Crippen LogP contribution in [0.3, 0.4) is 0 Å². The molecule has 0 aliphatic carbocycles. The van der Waals surface area contributed by atoms with E-state index in [4.69, 9.17) is 10.5 Å². The first-order valence-corrected chi connectivity index (χ1v) is 7.05. The third kappa shape index (κ3) is 9.10. The quantitative estimate of drug-likeness (QED) is 0.201. The van der Waals surface area contributed by atoms with Crippen molar-refractivity contribution in [1.29, 1.82) is 0 Å². The lowest BCUT2D eigenvalue weighted by Crippen LogP contribution is -2.39. The van der Waals surface area contributed by atoms with Crippen molar-refractivity contribution < 1.29 is 14.3 Å². The fourth-order valence-electron chi connectivity index (χ4n) is 1.91. The van der Waals surface area contributed by atoms with Crippen molar-refractivity contribution in [3.8, 4) is 0 Å². The number of nitrogens with zero attached hydrogens (tertiary/aromatic N) is 2. The van der Waals surface area contributed by atoms with Gasteiger partial charge in [0.15, 0.2) is 5.96 Å². The summed E-state index contributed by atoms with van der Waals surface area (Å²) in [5.74, 6) is -0.162. The number of nitrogens with two attached hydrogens (primary N) is 1. The largest absolute Gasteiger partial charge is 0.469 e. The standard InChI is InChI=1S/C13H26N4O3.HI/c1-11(12(18)19-2)10-16-13(14)15-4-3-5-17-6-8-20-9-7-17;/h11H,3-10H2,1-2H3,(H3,14,15,16);1H. The van der Waals surface area contributed by atoms with Crippen LogP contribution in [0.5, 0.6) is 0 Å². The average molecular weight is 414 g/mol. The number of rotatable bonds is 7. The number of ether oxygens (including phenoxy) is 2. The van der Waals surface area contributed by atoms with E-state index in [-0.39, 0.29) is 35.9 Å². The highest BCUT2D eigenvalue weighted by molar-refractivity contribution is 14.0. The number of methoxy groups -OCH3 is 1. The van der Waals surface area contributed by atoms with Crippen LogP contribution in [-0.2, 0) is 14.3 Å². The van der Waals surface area contributed by atoms with E-state index in [0.717, 1.165) is 45.8 Å². The van der Waals surface area contributed by atoms with Crippen LogP contribution in [0, 0.1) is 5.92 Å². The zero-order valence-electron chi connectivity index (χ0n) is 12.8. The third-order valence-corrected chi connectivity index (χ3v) is 3.20. The Morgan fingerprint density at radius 1 is 1.48 bits per heavy atom. The van der Waals surface area contributed by atoms with Crippen LogP contribution < -0.4 is 11.1 Å². The Labute approximate surface area is 143 Å². The Bertz CT molecular complexity index is 323. The minimum absolute atomic E-state index is 0. The van der Waals surface area contributed by atoms with Gasteiger partial charge in [-0.25, -0.2) is 0 Å². The van der Waals surface area contributed by atoms with E-state index >= 15 is 0 Å². The molecule has 7 nitrogen and oxygen atoms in total. The minimum atomic E-state index is -0.270. The summed E-state index contributed by atoms with van der Waals surface area (Å²) in [5.41, 5.74) is 5.74. The lowest BCUT2D eigenvalue weighted by molar-refractivity contribution is -0.144. The molecule has 0 saturated carbocycles. The van der Waals surface area contributed by atoms with Gasteiger partial charge in [-0.05, 0) is 13.0 Å². The lowest BCUT2D eigenvalue weighted by atomic mass is 10.2. The molecule has 1 saturated heterocycles. The Morgan fingerprint density at radius 2 is 2.14 bits per heavy atom. The van der Waals surface area contributed by atoms with Crippen molar-refractivity contribution >= 4 is 35.9 Å². The maximum absolute atomic E-state index is 11.2. The number of carbonyl (C=O) groups is 1. The lowest BCUT2D eigenvalue weighted by Gasteiger charge is -2.26. The summed E-state index contributed by atoms with van der Waals surface area (Å²) in [4.78, 5) is 17.7. The Hall–Kier alpha value is -0.610. The van der Waals surface area contributed by atoms with Crippen LogP contribution >= 0.6 is 24.0 Å². The molecule has 0 amide bonds. The molecule has 0 bridgehead atoms. The second-order valence-electron chi connectivity index (χ2n) is 4.88. The van der Waals surface area contributed by atoms with Gasteiger partial charge in [-0.1, -0.05) is 6.92 Å². The summed E-state index contributed by atoms with van der Waals surface area (Å²) in [5, 5.41) is 3.05. The van der Waals surface area contributed by atoms with Crippen LogP contribution in [0.15, 0.2) is 4.99 Å². The van der Waals surface area contributed by atoms with Crippen LogP contribution in [0.1, 0.15) is 13.3 Å². The van der Waals surface area contributed by atoms with Gasteiger partial charge >= 0.3 is 5.97 Å². The summed E-state index contributed by atoms with van der Waals surface area (Å²) >= 11 is 0. The van der Waals surface area contributed by atoms with Crippen LogP contribution in [0.2, 0.25) is 0 Å². The molecular formula is C13H27IN4O3. The van der Waals surface area contributed by atoms with Crippen molar-refractivity contribution in [2.75, 3.05) is 53.0 Å². The second-order valence-corrected chi connectivity index (χ2v) is 4.88. The fourth-order valence-corrected chi connectivity index (χ4v) is 1.91. The molecular weight excluding hydrogens is 387 g/mol. The number of carbonyl (C=O) groups excluding carboxylic acids is 1. The van der Waals surface area contributed by atoms with Crippen molar-refractivity contribution in [1.82, 2.24) is 10.2 Å². The van der Waals surface area contributed by atoms with Gasteiger partial charge in [-0.2, -0.15) is 0 Å². The predicted octanol–water partition coefficient (Wildman–Crippen LogP) is 0.0401. The van der Waals surface area contributed by atoms with E-state index in [9.17, 15) is 4.79 Å². The Kier molecular flexibility index (Phi) is 11.6. The molecule has 0 aromatic rings. The second kappa shape index (κ2) is 12.0. The predicted molar refractivity (Wildman–Crippen MR) is 93.0 cm³/mol. The first kappa shape index (κ1) is 20.4. The van der Waals surface area contributed by atoms with E-state index in [1.807, 2.05) is 0 Å². The summed E-state index contributed by atoms with van der Waals surface area (Å²) < 4.78 is 9.92. The molecule has 124 valence electrons. The molecule has 1 rings (SSSR count). The number of halogens is 1. The molecule has 3 N–H and O–H groups in total. The maximum Gasteiger partial charge on any atom is 0.310 e. The van der Waals surface area contributed by atoms with Gasteiger partial charge < -0.3 is 20.5 Å². The number of esters is 1. The smallest absolute Gasteiger partial charge is 0.310 e. The highest BCUT2D eigenvalue weighted by Gasteiger charge is 2.12. The van der Waals surface area contributed by atoms with E-state index < -0.39 is 0 Å². The highest BCUT2D eigenvalue weighted by atomic mass is 127. The molecule has 0 aromatic heterocycles. The topological polar surface area (TPSA) is 89.2 Å². The van der Waals surface area contributed by atoms with Crippen LogP contribution in [0.4, 0.5) is 0 Å². The first-order valence-electron chi connectivity index (χ1n) is 7.05. The first-order chi connectivity index (χ1) is 9.63. The molecule has 1 atom stereocenters. The van der Waals surface area contributed by atoms with Gasteiger partial charge in [0.25, 0.3) is 0 Å². The molecule has 0 aromatic carbocycles. The van der Waals surface area contributed by atoms with Crippen molar-refractivity contribution in [2.45, 2.75) is 13.3 Å². The number of hydrogen-bond donors (Lipinski definition) is 2. The number of morpholine rings is 1. The monoisotopic (exact) mass is 414 g/mol. The number of hydrogen-bond acceptors (Lipinski definition) is 5. The molecule has 8 heteroatoms. The third-order valence-electron chi connectivity index (χ3n) is 3.20. The average Bonchev–Trinajstić information content (AvgIpc) is 2.49. The number of aliphatic imine (C=N–C) groups is 1. The summed E-state index contributed by atoms with van der Waals surface area (Å²) in [6, 6.07) is 0. The molecule has 0 radical (unpaired) electrons. The highest BCUT2D eigenvalue weighted by Crippen LogP contribution is 1.98. The van der Waals surface area contributed by atoms with Gasteiger partial charge in [0, 0.05) is 19.6 Å². The summed E-state index contributed by atoms with van der Waals surface area (Å²) in [6.45, 7) is 7.56. The molecule has 1 aliphatic rings. The molecule has 1 unspecified atom stereocenters. The van der Waals surface area contributed by atoms with Crippen molar-refractivity contribution in [2.24, 2.45) is 16.6 Å². The number of nitrogens with one attached hydrogen (secondary N) is 1. The van der Waals surface area contributed by atoms with Gasteiger partial charge in [0.1, 0.15) is 0 Å². The van der Waals surface area contributed by atoms with Crippen molar-refractivity contribution in [3.63, 3.8) is 0 Å². The van der Waals surface area contributed by atoms with Crippen molar-refractivity contribution in [3.05, 3.63) is 0 Å².